The summed E-state index contributed by atoms with van der Waals surface area (Å²) in [7, 11) is 0. The second kappa shape index (κ2) is 6.82. The lowest BCUT2D eigenvalue weighted by Crippen LogP contribution is -2.49. The van der Waals surface area contributed by atoms with Gasteiger partial charge in [0.2, 0.25) is 5.91 Å². The van der Waals surface area contributed by atoms with Crippen molar-refractivity contribution in [3.63, 3.8) is 0 Å². The molecule has 2 aliphatic rings. The Labute approximate surface area is 159 Å². The number of benzene rings is 2. The fourth-order valence-corrected chi connectivity index (χ4v) is 4.67. The van der Waals surface area contributed by atoms with Crippen LogP contribution in [0.4, 0.5) is 5.69 Å². The molecule has 2 aliphatic heterocycles. The number of hydrogen-bond donors (Lipinski definition) is 1. The normalized spacial score (nSPS) is 18.7. The predicted octanol–water partition coefficient (Wildman–Crippen LogP) is 2.96. The Balaban J connectivity index is 1.60. The zero-order chi connectivity index (χ0) is 19.0. The van der Waals surface area contributed by atoms with Crippen LogP contribution in [0.3, 0.4) is 0 Å². The number of carbonyl (C=O) groups excluding carboxylic acids is 1. The minimum Gasteiger partial charge on any atom is -0.480 e. The van der Waals surface area contributed by atoms with Crippen molar-refractivity contribution < 1.29 is 14.7 Å². The molecule has 27 heavy (non-hydrogen) atoms. The summed E-state index contributed by atoms with van der Waals surface area (Å²) < 4.78 is 0. The quantitative estimate of drug-likeness (QED) is 0.906. The van der Waals surface area contributed by atoms with E-state index in [9.17, 15) is 14.7 Å². The number of fused-ring (bicyclic) bond motifs is 2. The Kier molecular flexibility index (Phi) is 4.48. The molecule has 1 saturated heterocycles. The van der Waals surface area contributed by atoms with E-state index < -0.39 is 11.4 Å². The van der Waals surface area contributed by atoms with Gasteiger partial charge in [-0.2, -0.15) is 0 Å². The van der Waals surface area contributed by atoms with Crippen LogP contribution in [0, 0.1) is 6.92 Å². The highest BCUT2D eigenvalue weighted by Crippen LogP contribution is 2.49. The van der Waals surface area contributed by atoms with Crippen LogP contribution in [0.25, 0.3) is 0 Å². The summed E-state index contributed by atoms with van der Waals surface area (Å²) in [5.74, 6) is -1.03. The molecule has 2 aromatic carbocycles. The predicted molar refractivity (Wildman–Crippen MR) is 104 cm³/mol. The first kappa shape index (κ1) is 17.7. The van der Waals surface area contributed by atoms with Crippen LogP contribution in [0.15, 0.2) is 48.5 Å². The molecule has 1 fully saturated rings. The van der Waals surface area contributed by atoms with Crippen molar-refractivity contribution in [1.29, 1.82) is 0 Å². The van der Waals surface area contributed by atoms with Gasteiger partial charge >= 0.3 is 5.97 Å². The highest BCUT2D eigenvalue weighted by molar-refractivity contribution is 6.10. The summed E-state index contributed by atoms with van der Waals surface area (Å²) >= 11 is 0. The van der Waals surface area contributed by atoms with Crippen molar-refractivity contribution in [2.24, 2.45) is 0 Å². The van der Waals surface area contributed by atoms with Gasteiger partial charge in [0.25, 0.3) is 0 Å². The molecule has 1 spiro atoms. The highest BCUT2D eigenvalue weighted by atomic mass is 16.4. The average Bonchev–Trinajstić information content (AvgIpc) is 2.88. The molecule has 140 valence electrons. The van der Waals surface area contributed by atoms with E-state index in [1.54, 1.807) is 0 Å². The highest BCUT2D eigenvalue weighted by Gasteiger charge is 2.52. The van der Waals surface area contributed by atoms with E-state index in [0.29, 0.717) is 0 Å². The summed E-state index contributed by atoms with van der Waals surface area (Å²) in [5, 5.41) is 9.28. The average molecular weight is 364 g/mol. The van der Waals surface area contributed by atoms with Crippen LogP contribution in [-0.2, 0) is 21.5 Å². The van der Waals surface area contributed by atoms with E-state index in [4.69, 9.17) is 0 Å². The zero-order valence-electron chi connectivity index (χ0n) is 15.5. The summed E-state index contributed by atoms with van der Waals surface area (Å²) in [6, 6.07) is 16.2. The van der Waals surface area contributed by atoms with Gasteiger partial charge in [-0.3, -0.25) is 14.5 Å². The first-order chi connectivity index (χ1) is 13.0. The maximum absolute atomic E-state index is 13.3. The minimum atomic E-state index is -0.977. The van der Waals surface area contributed by atoms with Gasteiger partial charge in [0.1, 0.15) is 6.54 Å². The lowest BCUT2D eigenvalue weighted by Gasteiger charge is -2.39. The fourth-order valence-electron chi connectivity index (χ4n) is 4.67. The summed E-state index contributed by atoms with van der Waals surface area (Å²) in [4.78, 5) is 28.5. The minimum absolute atomic E-state index is 0.0476. The number of rotatable bonds is 4. The molecule has 0 bridgehead atoms. The number of hydrogen-bond acceptors (Lipinski definition) is 3. The van der Waals surface area contributed by atoms with Gasteiger partial charge in [0.05, 0.1) is 5.41 Å². The molecule has 1 amide bonds. The van der Waals surface area contributed by atoms with E-state index in [1.807, 2.05) is 43.3 Å². The van der Waals surface area contributed by atoms with Gasteiger partial charge in [0.15, 0.2) is 0 Å². The number of likely N-dealkylation sites (tertiary alicyclic amines) is 1. The second-order valence-corrected chi connectivity index (χ2v) is 7.60. The van der Waals surface area contributed by atoms with E-state index >= 15 is 0 Å². The van der Waals surface area contributed by atoms with Crippen molar-refractivity contribution in [3.8, 4) is 0 Å². The molecular weight excluding hydrogens is 340 g/mol. The molecule has 0 unspecified atom stereocenters. The molecule has 0 aliphatic carbocycles. The number of carboxylic acids is 1. The molecular formula is C22H24N2O3. The SMILES string of the molecule is Cc1cccc2c1C1(CCN(Cc3ccccc3)CC1)C(=O)N2CC(=O)O. The molecule has 1 N–H and O–H groups in total. The third kappa shape index (κ3) is 3.02. The first-order valence-electron chi connectivity index (χ1n) is 9.41. The topological polar surface area (TPSA) is 60.9 Å². The van der Waals surface area contributed by atoms with Crippen LogP contribution in [0.1, 0.15) is 29.5 Å². The number of aliphatic carboxylic acids is 1. The standard InChI is InChI=1S/C22H24N2O3/c1-16-6-5-9-18-20(16)22(21(27)24(18)15-19(25)26)10-12-23(13-11-22)14-17-7-3-2-4-8-17/h2-9H,10-15H2,1H3,(H,25,26). The maximum Gasteiger partial charge on any atom is 0.323 e. The summed E-state index contributed by atoms with van der Waals surface area (Å²) in [5.41, 5.74) is 3.58. The molecule has 2 aromatic rings. The molecule has 5 heteroatoms. The van der Waals surface area contributed by atoms with Gasteiger partial charge in [0, 0.05) is 12.2 Å². The Bertz CT molecular complexity index is 870. The second-order valence-electron chi connectivity index (χ2n) is 7.60. The number of amides is 1. The monoisotopic (exact) mass is 364 g/mol. The fraction of sp³-hybridized carbons (Fsp3) is 0.364. The van der Waals surface area contributed by atoms with Crippen LogP contribution in [-0.4, -0.2) is 41.5 Å². The number of aryl methyl sites for hydroxylation is 1. The zero-order valence-corrected chi connectivity index (χ0v) is 15.5. The number of anilines is 1. The largest absolute Gasteiger partial charge is 0.480 e. The molecule has 0 aromatic heterocycles. The van der Waals surface area contributed by atoms with Crippen molar-refractivity contribution >= 4 is 17.6 Å². The lowest BCUT2D eigenvalue weighted by atomic mass is 9.72. The molecule has 0 radical (unpaired) electrons. The van der Waals surface area contributed by atoms with Crippen molar-refractivity contribution in [2.75, 3.05) is 24.5 Å². The third-order valence-corrected chi connectivity index (χ3v) is 5.93. The van der Waals surface area contributed by atoms with Crippen molar-refractivity contribution in [2.45, 2.75) is 31.7 Å². The van der Waals surface area contributed by atoms with Crippen LogP contribution >= 0.6 is 0 Å². The Morgan fingerprint density at radius 1 is 1.07 bits per heavy atom. The Hall–Kier alpha value is -2.66. The Morgan fingerprint density at radius 2 is 1.78 bits per heavy atom. The van der Waals surface area contributed by atoms with Crippen molar-refractivity contribution in [3.05, 3.63) is 65.2 Å². The summed E-state index contributed by atoms with van der Waals surface area (Å²) in [6.45, 7) is 4.29. The van der Waals surface area contributed by atoms with Crippen LogP contribution < -0.4 is 4.90 Å². The summed E-state index contributed by atoms with van der Waals surface area (Å²) in [6.07, 6.45) is 1.46. The first-order valence-corrected chi connectivity index (χ1v) is 9.41. The van der Waals surface area contributed by atoms with Gasteiger partial charge < -0.3 is 10.0 Å². The number of carbonyl (C=O) groups is 2. The van der Waals surface area contributed by atoms with E-state index in [1.165, 1.54) is 10.5 Å². The van der Waals surface area contributed by atoms with Gasteiger partial charge in [-0.15, -0.1) is 0 Å². The number of nitrogens with zero attached hydrogens (tertiary/aromatic N) is 2. The molecule has 0 atom stereocenters. The maximum atomic E-state index is 13.3. The number of carboxylic acid groups (broad SMARTS) is 1. The lowest BCUT2D eigenvalue weighted by molar-refractivity contribution is -0.137. The van der Waals surface area contributed by atoms with E-state index in [2.05, 4.69) is 17.0 Å². The van der Waals surface area contributed by atoms with Crippen LogP contribution in [0.2, 0.25) is 0 Å². The molecule has 2 heterocycles. The van der Waals surface area contributed by atoms with Gasteiger partial charge in [-0.05, 0) is 55.6 Å². The molecule has 0 saturated carbocycles. The van der Waals surface area contributed by atoms with Crippen LogP contribution in [0.5, 0.6) is 0 Å². The van der Waals surface area contributed by atoms with E-state index in [0.717, 1.165) is 49.3 Å². The van der Waals surface area contributed by atoms with Crippen molar-refractivity contribution in [1.82, 2.24) is 4.90 Å². The van der Waals surface area contributed by atoms with E-state index in [-0.39, 0.29) is 12.5 Å². The number of piperidine rings is 1. The Morgan fingerprint density at radius 3 is 2.44 bits per heavy atom. The smallest absolute Gasteiger partial charge is 0.323 e. The molecule has 5 nitrogen and oxygen atoms in total. The third-order valence-electron chi connectivity index (χ3n) is 5.93. The van der Waals surface area contributed by atoms with Gasteiger partial charge in [-0.1, -0.05) is 42.5 Å². The van der Waals surface area contributed by atoms with Gasteiger partial charge in [-0.25, -0.2) is 0 Å². The molecule has 4 rings (SSSR count).